The molecule has 1 aromatic carbocycles. The van der Waals surface area contributed by atoms with Gasteiger partial charge in [0.25, 0.3) is 5.91 Å². The Bertz CT molecular complexity index is 419. The predicted molar refractivity (Wildman–Crippen MR) is 60.2 cm³/mol. The lowest BCUT2D eigenvalue weighted by molar-refractivity contribution is -0.121. The number of nitrogens with two attached hydrogens (primary N) is 1. The van der Waals surface area contributed by atoms with Crippen LogP contribution in [0.3, 0.4) is 0 Å². The van der Waals surface area contributed by atoms with Crippen LogP contribution in [0.4, 0.5) is 0 Å². The van der Waals surface area contributed by atoms with Crippen LogP contribution < -0.4 is 10.5 Å². The van der Waals surface area contributed by atoms with Crippen molar-refractivity contribution in [3.8, 4) is 5.75 Å². The zero-order valence-corrected chi connectivity index (χ0v) is 10.1. The molecule has 0 radical (unpaired) electrons. The largest absolute Gasteiger partial charge is 0.496 e. The number of hydrogen-bond acceptors (Lipinski definition) is 4. The summed E-state index contributed by atoms with van der Waals surface area (Å²) < 4.78 is 10.3. The molecule has 0 heterocycles. The maximum atomic E-state index is 11.4. The Labute approximate surface area is 101 Å². The van der Waals surface area contributed by atoms with Gasteiger partial charge in [-0.2, -0.15) is 0 Å². The fourth-order valence-corrected chi connectivity index (χ4v) is 1.55. The summed E-state index contributed by atoms with van der Waals surface area (Å²) in [5, 5.41) is 0. The topological polar surface area (TPSA) is 78.6 Å². The molecule has 5 nitrogen and oxygen atoms in total. The van der Waals surface area contributed by atoms with Gasteiger partial charge in [-0.1, -0.05) is 0 Å². The summed E-state index contributed by atoms with van der Waals surface area (Å²) in [5.74, 6) is -0.700. The molecule has 16 heavy (non-hydrogen) atoms. The van der Waals surface area contributed by atoms with Crippen molar-refractivity contribution < 1.29 is 19.1 Å². The lowest BCUT2D eigenvalue weighted by Gasteiger charge is -2.05. The van der Waals surface area contributed by atoms with Gasteiger partial charge < -0.3 is 15.2 Å². The van der Waals surface area contributed by atoms with Gasteiger partial charge in [0.15, 0.2) is 6.61 Å². The second-order valence-electron chi connectivity index (χ2n) is 2.89. The fourth-order valence-electron chi connectivity index (χ4n) is 1.01. The smallest absolute Gasteiger partial charge is 0.338 e. The van der Waals surface area contributed by atoms with Crippen molar-refractivity contribution in [3.63, 3.8) is 0 Å². The molecule has 0 saturated heterocycles. The van der Waals surface area contributed by atoms with E-state index < -0.39 is 18.5 Å². The number of ether oxygens (including phenoxy) is 2. The number of rotatable bonds is 4. The number of carbonyl (C=O) groups excluding carboxylic acids is 2. The predicted octanol–water partition coefficient (Wildman–Crippen LogP) is 1.10. The molecule has 2 N–H and O–H groups in total. The molecule has 0 atom stereocenters. The van der Waals surface area contributed by atoms with E-state index in [1.807, 2.05) is 0 Å². The average molecular weight is 288 g/mol. The summed E-state index contributed by atoms with van der Waals surface area (Å²) in [4.78, 5) is 21.8. The molecular weight excluding hydrogens is 278 g/mol. The average Bonchev–Trinajstić information content (AvgIpc) is 2.25. The van der Waals surface area contributed by atoms with Crippen LogP contribution in [-0.2, 0) is 9.53 Å². The van der Waals surface area contributed by atoms with Crippen molar-refractivity contribution in [2.24, 2.45) is 5.73 Å². The molecule has 0 aromatic heterocycles. The third-order valence-electron chi connectivity index (χ3n) is 1.73. The first-order valence-corrected chi connectivity index (χ1v) is 5.13. The highest BCUT2D eigenvalue weighted by Crippen LogP contribution is 2.25. The third-order valence-corrected chi connectivity index (χ3v) is 2.35. The minimum atomic E-state index is -0.694. The van der Waals surface area contributed by atoms with Crippen molar-refractivity contribution in [3.05, 3.63) is 28.2 Å². The van der Waals surface area contributed by atoms with Crippen LogP contribution in [0.15, 0.2) is 22.7 Å². The first-order valence-electron chi connectivity index (χ1n) is 4.33. The van der Waals surface area contributed by atoms with Gasteiger partial charge in [-0.05, 0) is 34.1 Å². The molecule has 6 heteroatoms. The van der Waals surface area contributed by atoms with Gasteiger partial charge in [0, 0.05) is 0 Å². The number of halogens is 1. The van der Waals surface area contributed by atoms with E-state index in [9.17, 15) is 9.59 Å². The summed E-state index contributed by atoms with van der Waals surface area (Å²) in [6.07, 6.45) is 0. The zero-order valence-electron chi connectivity index (χ0n) is 8.53. The summed E-state index contributed by atoms with van der Waals surface area (Å²) in [7, 11) is 1.52. The van der Waals surface area contributed by atoms with E-state index in [0.717, 1.165) is 0 Å². The normalized spacial score (nSPS) is 9.62. The van der Waals surface area contributed by atoms with Crippen molar-refractivity contribution >= 4 is 27.8 Å². The molecule has 0 saturated carbocycles. The van der Waals surface area contributed by atoms with Gasteiger partial charge in [-0.25, -0.2) is 4.79 Å². The van der Waals surface area contributed by atoms with Gasteiger partial charge in [0.1, 0.15) is 5.75 Å². The van der Waals surface area contributed by atoms with E-state index in [4.69, 9.17) is 10.5 Å². The van der Waals surface area contributed by atoms with Gasteiger partial charge in [-0.15, -0.1) is 0 Å². The minimum absolute atomic E-state index is 0.314. The maximum Gasteiger partial charge on any atom is 0.338 e. The lowest BCUT2D eigenvalue weighted by atomic mass is 10.2. The number of primary amides is 1. The molecule has 0 aliphatic carbocycles. The Balaban J connectivity index is 2.77. The van der Waals surface area contributed by atoms with Crippen LogP contribution in [0.2, 0.25) is 0 Å². The maximum absolute atomic E-state index is 11.4. The second-order valence-corrected chi connectivity index (χ2v) is 3.75. The highest BCUT2D eigenvalue weighted by atomic mass is 79.9. The molecule has 0 bridgehead atoms. The summed E-state index contributed by atoms with van der Waals surface area (Å²) in [6.45, 7) is -0.428. The van der Waals surface area contributed by atoms with Crippen LogP contribution >= 0.6 is 15.9 Å². The Morgan fingerprint density at radius 1 is 1.44 bits per heavy atom. The molecule has 0 fully saturated rings. The lowest BCUT2D eigenvalue weighted by Crippen LogP contribution is -2.20. The Morgan fingerprint density at radius 2 is 2.12 bits per heavy atom. The van der Waals surface area contributed by atoms with E-state index in [0.29, 0.717) is 15.8 Å². The molecule has 86 valence electrons. The number of amides is 1. The van der Waals surface area contributed by atoms with Gasteiger partial charge >= 0.3 is 5.97 Å². The SMILES string of the molecule is COc1ccc(C(=O)OCC(N)=O)cc1Br. The monoisotopic (exact) mass is 287 g/mol. The van der Waals surface area contributed by atoms with E-state index >= 15 is 0 Å². The van der Waals surface area contributed by atoms with Crippen LogP contribution in [0.5, 0.6) is 5.75 Å². The number of esters is 1. The highest BCUT2D eigenvalue weighted by Gasteiger charge is 2.10. The van der Waals surface area contributed by atoms with Crippen molar-refractivity contribution in [1.82, 2.24) is 0 Å². The quantitative estimate of drug-likeness (QED) is 0.841. The molecule has 1 aromatic rings. The van der Waals surface area contributed by atoms with E-state index in [2.05, 4.69) is 20.7 Å². The highest BCUT2D eigenvalue weighted by molar-refractivity contribution is 9.10. The van der Waals surface area contributed by atoms with E-state index in [1.165, 1.54) is 13.2 Å². The second kappa shape index (κ2) is 5.50. The summed E-state index contributed by atoms with van der Waals surface area (Å²) >= 11 is 3.23. The summed E-state index contributed by atoms with van der Waals surface area (Å²) in [6, 6.07) is 4.69. The zero-order chi connectivity index (χ0) is 12.1. The Morgan fingerprint density at radius 3 is 2.62 bits per heavy atom. The van der Waals surface area contributed by atoms with Gasteiger partial charge in [0.05, 0.1) is 17.1 Å². The molecule has 0 aliphatic rings. The van der Waals surface area contributed by atoms with Crippen LogP contribution in [0, 0.1) is 0 Å². The first kappa shape index (κ1) is 12.5. The molecule has 0 spiro atoms. The minimum Gasteiger partial charge on any atom is -0.496 e. The van der Waals surface area contributed by atoms with Crippen molar-refractivity contribution in [2.75, 3.05) is 13.7 Å². The Hall–Kier alpha value is -1.56. The number of methoxy groups -OCH3 is 1. The number of carbonyl (C=O) groups is 2. The number of hydrogen-bond donors (Lipinski definition) is 1. The summed E-state index contributed by atoms with van der Waals surface area (Å²) in [5.41, 5.74) is 5.16. The molecule has 0 unspecified atom stereocenters. The third kappa shape index (κ3) is 3.23. The van der Waals surface area contributed by atoms with E-state index in [1.54, 1.807) is 12.1 Å². The van der Waals surface area contributed by atoms with Crippen LogP contribution in [0.25, 0.3) is 0 Å². The standard InChI is InChI=1S/C10H10BrNO4/c1-15-8-3-2-6(4-7(8)11)10(14)16-5-9(12)13/h2-4H,5H2,1H3,(H2,12,13). The van der Waals surface area contributed by atoms with Gasteiger partial charge in [-0.3, -0.25) is 4.79 Å². The first-order chi connectivity index (χ1) is 7.54. The molecule has 1 amide bonds. The fraction of sp³-hybridized carbons (Fsp3) is 0.200. The van der Waals surface area contributed by atoms with Crippen molar-refractivity contribution in [1.29, 1.82) is 0 Å². The Kier molecular flexibility index (Phi) is 4.30. The molecular formula is C10H10BrNO4. The van der Waals surface area contributed by atoms with E-state index in [-0.39, 0.29) is 0 Å². The molecule has 1 rings (SSSR count). The van der Waals surface area contributed by atoms with Crippen LogP contribution in [-0.4, -0.2) is 25.6 Å². The van der Waals surface area contributed by atoms with Crippen molar-refractivity contribution in [2.45, 2.75) is 0 Å². The van der Waals surface area contributed by atoms with Gasteiger partial charge in [0.2, 0.25) is 0 Å². The number of benzene rings is 1. The van der Waals surface area contributed by atoms with Crippen LogP contribution in [0.1, 0.15) is 10.4 Å². The molecule has 0 aliphatic heterocycles.